The van der Waals surface area contributed by atoms with Crippen molar-refractivity contribution in [2.24, 2.45) is 0 Å². The van der Waals surface area contributed by atoms with E-state index in [1.807, 2.05) is 0 Å². The summed E-state index contributed by atoms with van der Waals surface area (Å²) in [6.45, 7) is 1.61. The van der Waals surface area contributed by atoms with Gasteiger partial charge in [0.1, 0.15) is 10.3 Å². The number of aromatic nitrogens is 2. The Morgan fingerprint density at radius 3 is 2.08 bits per heavy atom. The molecule has 0 aromatic carbocycles. The highest BCUT2D eigenvalue weighted by Gasteiger charge is 2.12. The van der Waals surface area contributed by atoms with Gasteiger partial charge in [0.15, 0.2) is 0 Å². The van der Waals surface area contributed by atoms with Crippen molar-refractivity contribution in [3.63, 3.8) is 0 Å². The Balaban J connectivity index is 3.31. The summed E-state index contributed by atoms with van der Waals surface area (Å²) in [4.78, 5) is 17.4. The largest absolute Gasteiger partial charge is 0.475 e. The zero-order valence-electron chi connectivity index (χ0n) is 6.01. The van der Waals surface area contributed by atoms with Crippen LogP contribution in [0.5, 0.6) is 0 Å². The average Bonchev–Trinajstić information content (AvgIpc) is 1.99. The van der Waals surface area contributed by atoms with E-state index in [9.17, 15) is 4.79 Å². The number of nitrogens with zero attached hydrogens (tertiary/aromatic N) is 2. The van der Waals surface area contributed by atoms with Crippen LogP contribution >= 0.6 is 23.2 Å². The van der Waals surface area contributed by atoms with Gasteiger partial charge in [0.05, 0.1) is 0 Å². The van der Waals surface area contributed by atoms with E-state index in [1.54, 1.807) is 6.92 Å². The Hall–Kier alpha value is -0.870. The van der Waals surface area contributed by atoms with Crippen LogP contribution in [0.25, 0.3) is 0 Å². The molecule has 1 aromatic heterocycles. The molecule has 0 atom stereocenters. The van der Waals surface area contributed by atoms with Crippen LogP contribution in [0, 0.1) is 6.92 Å². The van der Waals surface area contributed by atoms with Crippen molar-refractivity contribution >= 4 is 29.2 Å². The molecule has 4 nitrogen and oxygen atoms in total. The summed E-state index contributed by atoms with van der Waals surface area (Å²) in [6.07, 6.45) is 0. The second-order valence-corrected chi connectivity index (χ2v) is 2.78. The average molecular weight is 207 g/mol. The van der Waals surface area contributed by atoms with E-state index >= 15 is 0 Å². The predicted octanol–water partition coefficient (Wildman–Crippen LogP) is 1.79. The van der Waals surface area contributed by atoms with Crippen molar-refractivity contribution in [1.29, 1.82) is 0 Å². The number of carbonyl (C=O) groups is 1. The number of hydrogen-bond donors (Lipinski definition) is 1. The first-order valence-corrected chi connectivity index (χ1v) is 3.71. The lowest BCUT2D eigenvalue weighted by Gasteiger charge is -1.99. The summed E-state index contributed by atoms with van der Waals surface area (Å²) in [5.74, 6) is -1.64. The fraction of sp³-hybridized carbons (Fsp3) is 0.167. The van der Waals surface area contributed by atoms with Crippen molar-refractivity contribution in [3.8, 4) is 0 Å². The number of rotatable bonds is 1. The Morgan fingerprint density at radius 1 is 1.33 bits per heavy atom. The Bertz CT molecular complexity index is 317. The highest BCUT2D eigenvalue weighted by molar-refractivity contribution is 6.34. The topological polar surface area (TPSA) is 63.1 Å². The molecule has 0 saturated carbocycles. The van der Waals surface area contributed by atoms with Gasteiger partial charge in [-0.15, -0.1) is 0 Å². The van der Waals surface area contributed by atoms with Crippen molar-refractivity contribution in [2.75, 3.05) is 0 Å². The van der Waals surface area contributed by atoms with E-state index in [1.165, 1.54) is 0 Å². The molecule has 0 bridgehead atoms. The molecular weight excluding hydrogens is 203 g/mol. The lowest BCUT2D eigenvalue weighted by molar-refractivity contribution is 0.0683. The van der Waals surface area contributed by atoms with Crippen LogP contribution in [-0.4, -0.2) is 21.0 Å². The molecular formula is C6H4Cl2N2O2. The van der Waals surface area contributed by atoms with Gasteiger partial charge < -0.3 is 5.11 Å². The lowest BCUT2D eigenvalue weighted by Crippen LogP contribution is -2.05. The summed E-state index contributed by atoms with van der Waals surface area (Å²) < 4.78 is 0. The number of hydrogen-bond acceptors (Lipinski definition) is 3. The SMILES string of the molecule is Cc1c(Cl)nc(C(=O)O)nc1Cl. The molecule has 1 N–H and O–H groups in total. The molecule has 1 aromatic rings. The van der Waals surface area contributed by atoms with Gasteiger partial charge in [-0.05, 0) is 6.92 Å². The van der Waals surface area contributed by atoms with Crippen molar-refractivity contribution < 1.29 is 9.90 Å². The zero-order valence-corrected chi connectivity index (χ0v) is 7.52. The van der Waals surface area contributed by atoms with Gasteiger partial charge in [-0.3, -0.25) is 0 Å². The van der Waals surface area contributed by atoms with E-state index in [0.29, 0.717) is 5.56 Å². The summed E-state index contributed by atoms with van der Waals surface area (Å²) in [7, 11) is 0. The summed E-state index contributed by atoms with van der Waals surface area (Å²) >= 11 is 11.1. The van der Waals surface area contributed by atoms with Gasteiger partial charge in [-0.2, -0.15) is 0 Å². The molecule has 0 aliphatic heterocycles. The van der Waals surface area contributed by atoms with Crippen LogP contribution in [-0.2, 0) is 0 Å². The monoisotopic (exact) mass is 206 g/mol. The molecule has 0 amide bonds. The van der Waals surface area contributed by atoms with Crippen molar-refractivity contribution in [3.05, 3.63) is 21.7 Å². The minimum Gasteiger partial charge on any atom is -0.475 e. The molecule has 0 fully saturated rings. The number of aromatic carboxylic acids is 1. The molecule has 0 aliphatic carbocycles. The molecule has 0 unspecified atom stereocenters. The van der Waals surface area contributed by atoms with E-state index in [2.05, 4.69) is 9.97 Å². The van der Waals surface area contributed by atoms with Crippen LogP contribution in [0.2, 0.25) is 10.3 Å². The third-order valence-electron chi connectivity index (χ3n) is 1.22. The minimum absolute atomic E-state index is 0.0624. The number of halogens is 2. The van der Waals surface area contributed by atoms with E-state index in [0.717, 1.165) is 0 Å². The Morgan fingerprint density at radius 2 is 1.75 bits per heavy atom. The van der Waals surface area contributed by atoms with Gasteiger partial charge >= 0.3 is 5.97 Å². The molecule has 0 spiro atoms. The van der Waals surface area contributed by atoms with Crippen LogP contribution in [0.15, 0.2) is 0 Å². The van der Waals surface area contributed by atoms with Gasteiger partial charge in [-0.1, -0.05) is 23.2 Å². The normalized spacial score (nSPS) is 9.92. The summed E-state index contributed by atoms with van der Waals surface area (Å²) in [5, 5.41) is 8.61. The lowest BCUT2D eigenvalue weighted by atomic mass is 10.4. The smallest absolute Gasteiger partial charge is 0.374 e. The second kappa shape index (κ2) is 3.25. The Labute approximate surface area is 78.2 Å². The predicted molar refractivity (Wildman–Crippen MR) is 43.7 cm³/mol. The summed E-state index contributed by atoms with van der Waals surface area (Å²) in [6, 6.07) is 0. The van der Waals surface area contributed by atoms with Crippen LogP contribution in [0.1, 0.15) is 16.2 Å². The van der Waals surface area contributed by atoms with Crippen LogP contribution in [0.3, 0.4) is 0 Å². The van der Waals surface area contributed by atoms with Crippen LogP contribution in [0.4, 0.5) is 0 Å². The van der Waals surface area contributed by atoms with Crippen molar-refractivity contribution in [2.45, 2.75) is 6.92 Å². The third-order valence-corrected chi connectivity index (χ3v) is 1.95. The number of carboxylic acids is 1. The maximum atomic E-state index is 10.4. The van der Waals surface area contributed by atoms with E-state index in [-0.39, 0.29) is 10.3 Å². The molecule has 1 rings (SSSR count). The fourth-order valence-corrected chi connectivity index (χ4v) is 0.947. The highest BCUT2D eigenvalue weighted by Crippen LogP contribution is 2.19. The number of carboxylic acid groups (broad SMARTS) is 1. The second-order valence-electron chi connectivity index (χ2n) is 2.06. The maximum absolute atomic E-state index is 10.4. The molecule has 0 saturated heterocycles. The minimum atomic E-state index is -1.25. The van der Waals surface area contributed by atoms with Gasteiger partial charge in [-0.25, -0.2) is 14.8 Å². The molecule has 6 heteroatoms. The van der Waals surface area contributed by atoms with Crippen LogP contribution < -0.4 is 0 Å². The first-order valence-electron chi connectivity index (χ1n) is 2.95. The van der Waals surface area contributed by atoms with Gasteiger partial charge in [0.25, 0.3) is 0 Å². The van der Waals surface area contributed by atoms with E-state index < -0.39 is 11.8 Å². The first kappa shape index (κ1) is 9.22. The van der Waals surface area contributed by atoms with Gasteiger partial charge in [0, 0.05) is 5.56 Å². The summed E-state index contributed by atoms with van der Waals surface area (Å²) in [5.41, 5.74) is 0.475. The van der Waals surface area contributed by atoms with Gasteiger partial charge in [0.2, 0.25) is 5.82 Å². The fourth-order valence-electron chi connectivity index (χ4n) is 0.559. The molecule has 1 heterocycles. The third kappa shape index (κ3) is 1.65. The highest BCUT2D eigenvalue weighted by atomic mass is 35.5. The molecule has 64 valence electrons. The van der Waals surface area contributed by atoms with E-state index in [4.69, 9.17) is 28.3 Å². The first-order chi connectivity index (χ1) is 5.52. The Kier molecular flexibility index (Phi) is 2.49. The molecule has 0 radical (unpaired) electrons. The molecule has 12 heavy (non-hydrogen) atoms. The standard InChI is InChI=1S/C6H4Cl2N2O2/c1-2-3(7)9-5(6(11)12)10-4(2)8/h1H3,(H,11,12). The quantitative estimate of drug-likeness (QED) is 0.713. The van der Waals surface area contributed by atoms with Crippen molar-refractivity contribution in [1.82, 2.24) is 9.97 Å². The maximum Gasteiger partial charge on any atom is 0.374 e. The molecule has 0 aliphatic rings. The zero-order chi connectivity index (χ0) is 9.30.